The molecule has 1 aromatic heterocycles. The Morgan fingerprint density at radius 1 is 0.968 bits per heavy atom. The number of amides is 1. The topological polar surface area (TPSA) is 62.7 Å². The van der Waals surface area contributed by atoms with Crippen LogP contribution in [0.3, 0.4) is 0 Å². The average molecular weight is 418 g/mol. The first kappa shape index (κ1) is 20.8. The molecule has 4 rings (SSSR count). The molecule has 31 heavy (non-hydrogen) atoms. The molecule has 1 fully saturated rings. The standard InChI is InChI=1S/C25H27N3O3/c1-18-17-24(26-22-6-4-3-5-21(18)22)27-13-15-28(16-14-27)25(30)12-11-23(29)19-7-9-20(31-2)10-8-19/h3-10,17H,11-16H2,1-2H3. The van der Waals surface area contributed by atoms with Crippen molar-refractivity contribution in [2.24, 2.45) is 0 Å². The zero-order valence-corrected chi connectivity index (χ0v) is 18.0. The fraction of sp³-hybridized carbons (Fsp3) is 0.320. The van der Waals surface area contributed by atoms with Crippen LogP contribution in [-0.2, 0) is 4.79 Å². The van der Waals surface area contributed by atoms with Crippen LogP contribution in [0.15, 0.2) is 54.6 Å². The van der Waals surface area contributed by atoms with Crippen LogP contribution in [0.4, 0.5) is 5.82 Å². The summed E-state index contributed by atoms with van der Waals surface area (Å²) in [6, 6.07) is 17.3. The van der Waals surface area contributed by atoms with Gasteiger partial charge in [0.05, 0.1) is 12.6 Å². The molecular formula is C25H27N3O3. The van der Waals surface area contributed by atoms with Crippen LogP contribution in [0.25, 0.3) is 10.9 Å². The third kappa shape index (κ3) is 4.68. The number of aryl methyl sites for hydroxylation is 1. The maximum Gasteiger partial charge on any atom is 0.223 e. The summed E-state index contributed by atoms with van der Waals surface area (Å²) in [4.78, 5) is 33.9. The molecule has 0 unspecified atom stereocenters. The van der Waals surface area contributed by atoms with Gasteiger partial charge in [-0.3, -0.25) is 9.59 Å². The lowest BCUT2D eigenvalue weighted by atomic mass is 10.1. The summed E-state index contributed by atoms with van der Waals surface area (Å²) in [7, 11) is 1.59. The van der Waals surface area contributed by atoms with E-state index in [0.717, 1.165) is 24.4 Å². The lowest BCUT2D eigenvalue weighted by Gasteiger charge is -2.35. The SMILES string of the molecule is COc1ccc(C(=O)CCC(=O)N2CCN(c3cc(C)c4ccccc4n3)CC2)cc1. The van der Waals surface area contributed by atoms with Crippen LogP contribution >= 0.6 is 0 Å². The Hall–Kier alpha value is -3.41. The van der Waals surface area contributed by atoms with Crippen LogP contribution < -0.4 is 9.64 Å². The van der Waals surface area contributed by atoms with Gasteiger partial charge in [-0.2, -0.15) is 0 Å². The number of benzene rings is 2. The lowest BCUT2D eigenvalue weighted by molar-refractivity contribution is -0.131. The van der Waals surface area contributed by atoms with Gasteiger partial charge >= 0.3 is 0 Å². The molecule has 0 saturated carbocycles. The van der Waals surface area contributed by atoms with E-state index in [4.69, 9.17) is 9.72 Å². The van der Waals surface area contributed by atoms with Crippen molar-refractivity contribution < 1.29 is 14.3 Å². The molecule has 3 aromatic rings. The number of ketones is 1. The summed E-state index contributed by atoms with van der Waals surface area (Å²) in [5, 5.41) is 1.17. The smallest absolute Gasteiger partial charge is 0.223 e. The number of hydrogen-bond donors (Lipinski definition) is 0. The van der Waals surface area contributed by atoms with Crippen molar-refractivity contribution in [1.29, 1.82) is 0 Å². The van der Waals surface area contributed by atoms with E-state index in [9.17, 15) is 9.59 Å². The number of hydrogen-bond acceptors (Lipinski definition) is 5. The summed E-state index contributed by atoms with van der Waals surface area (Å²) in [5.41, 5.74) is 2.81. The number of anilines is 1. The summed E-state index contributed by atoms with van der Waals surface area (Å²) in [6.45, 7) is 4.87. The normalized spacial score (nSPS) is 14.0. The summed E-state index contributed by atoms with van der Waals surface area (Å²) in [6.07, 6.45) is 0.453. The van der Waals surface area contributed by atoms with E-state index in [0.29, 0.717) is 24.4 Å². The van der Waals surface area contributed by atoms with Crippen molar-refractivity contribution in [3.63, 3.8) is 0 Å². The highest BCUT2D eigenvalue weighted by Crippen LogP contribution is 2.23. The molecule has 0 N–H and O–H groups in total. The Balaban J connectivity index is 1.31. The monoisotopic (exact) mass is 417 g/mol. The highest BCUT2D eigenvalue weighted by atomic mass is 16.5. The Labute approximate surface area is 182 Å². The van der Waals surface area contributed by atoms with Gasteiger partial charge in [0, 0.05) is 50.0 Å². The van der Waals surface area contributed by atoms with Gasteiger partial charge in [-0.25, -0.2) is 4.98 Å². The van der Waals surface area contributed by atoms with Crippen LogP contribution in [0.5, 0.6) is 5.75 Å². The number of piperazine rings is 1. The Morgan fingerprint density at radius 3 is 2.39 bits per heavy atom. The van der Waals surface area contributed by atoms with E-state index < -0.39 is 0 Å². The van der Waals surface area contributed by atoms with Crippen molar-refractivity contribution in [2.45, 2.75) is 19.8 Å². The molecule has 0 spiro atoms. The maximum atomic E-state index is 12.6. The average Bonchev–Trinajstić information content (AvgIpc) is 2.82. The van der Waals surface area contributed by atoms with Crippen LogP contribution in [0.1, 0.15) is 28.8 Å². The van der Waals surface area contributed by atoms with Crippen molar-refractivity contribution >= 4 is 28.4 Å². The molecule has 2 aromatic carbocycles. The predicted molar refractivity (Wildman–Crippen MR) is 122 cm³/mol. The van der Waals surface area contributed by atoms with Gasteiger partial charge in [-0.1, -0.05) is 18.2 Å². The highest BCUT2D eigenvalue weighted by molar-refractivity contribution is 5.98. The maximum absolute atomic E-state index is 12.6. The van der Waals surface area contributed by atoms with Gasteiger partial charge in [0.1, 0.15) is 11.6 Å². The minimum absolute atomic E-state index is 0.0227. The highest BCUT2D eigenvalue weighted by Gasteiger charge is 2.23. The number of pyridine rings is 1. The number of aromatic nitrogens is 1. The molecule has 1 saturated heterocycles. The number of nitrogens with zero attached hydrogens (tertiary/aromatic N) is 3. The first-order valence-corrected chi connectivity index (χ1v) is 10.6. The number of ether oxygens (including phenoxy) is 1. The number of para-hydroxylation sites is 1. The quantitative estimate of drug-likeness (QED) is 0.570. The fourth-order valence-electron chi connectivity index (χ4n) is 3.98. The van der Waals surface area contributed by atoms with E-state index in [2.05, 4.69) is 24.0 Å². The number of Topliss-reactive ketones (excluding diaryl/α,β-unsaturated/α-hetero) is 1. The Kier molecular flexibility index (Phi) is 6.16. The second-order valence-corrected chi connectivity index (χ2v) is 7.83. The van der Waals surface area contributed by atoms with Crippen LogP contribution in [-0.4, -0.2) is 54.9 Å². The molecule has 0 aliphatic carbocycles. The number of carbonyl (C=O) groups is 2. The largest absolute Gasteiger partial charge is 0.497 e. The Bertz CT molecular complexity index is 1090. The zero-order chi connectivity index (χ0) is 21.8. The number of methoxy groups -OCH3 is 1. The second-order valence-electron chi connectivity index (χ2n) is 7.83. The van der Waals surface area contributed by atoms with E-state index in [1.807, 2.05) is 23.1 Å². The van der Waals surface area contributed by atoms with Gasteiger partial charge in [-0.05, 0) is 48.9 Å². The molecule has 0 atom stereocenters. The summed E-state index contributed by atoms with van der Waals surface area (Å²) < 4.78 is 5.11. The summed E-state index contributed by atoms with van der Waals surface area (Å²) in [5.74, 6) is 1.68. The third-order valence-electron chi connectivity index (χ3n) is 5.84. The predicted octanol–water partition coefficient (Wildman–Crippen LogP) is 3.86. The van der Waals surface area contributed by atoms with Crippen molar-refractivity contribution in [3.05, 3.63) is 65.7 Å². The molecule has 6 nitrogen and oxygen atoms in total. The van der Waals surface area contributed by atoms with E-state index in [-0.39, 0.29) is 24.5 Å². The summed E-state index contributed by atoms with van der Waals surface area (Å²) >= 11 is 0. The molecule has 0 radical (unpaired) electrons. The fourth-order valence-corrected chi connectivity index (χ4v) is 3.98. The van der Waals surface area contributed by atoms with E-state index >= 15 is 0 Å². The minimum Gasteiger partial charge on any atom is -0.497 e. The number of rotatable bonds is 6. The van der Waals surface area contributed by atoms with Gasteiger partial charge in [0.2, 0.25) is 5.91 Å². The van der Waals surface area contributed by atoms with Crippen LogP contribution in [0.2, 0.25) is 0 Å². The van der Waals surface area contributed by atoms with Crippen molar-refractivity contribution in [3.8, 4) is 5.75 Å². The molecular weight excluding hydrogens is 390 g/mol. The van der Waals surface area contributed by atoms with Gasteiger partial charge < -0.3 is 14.5 Å². The van der Waals surface area contributed by atoms with Gasteiger partial charge in [-0.15, -0.1) is 0 Å². The van der Waals surface area contributed by atoms with Crippen molar-refractivity contribution in [2.75, 3.05) is 38.2 Å². The minimum atomic E-state index is -0.0227. The van der Waals surface area contributed by atoms with Crippen molar-refractivity contribution in [1.82, 2.24) is 9.88 Å². The first-order valence-electron chi connectivity index (χ1n) is 10.6. The number of carbonyl (C=O) groups excluding carboxylic acids is 2. The van der Waals surface area contributed by atoms with Gasteiger partial charge in [0.15, 0.2) is 5.78 Å². The molecule has 0 bridgehead atoms. The molecule has 2 heterocycles. The zero-order valence-electron chi connectivity index (χ0n) is 18.0. The third-order valence-corrected chi connectivity index (χ3v) is 5.84. The van der Waals surface area contributed by atoms with Gasteiger partial charge in [0.25, 0.3) is 0 Å². The first-order chi connectivity index (χ1) is 15.0. The molecule has 1 amide bonds. The van der Waals surface area contributed by atoms with Crippen LogP contribution in [0, 0.1) is 6.92 Å². The van der Waals surface area contributed by atoms with E-state index in [1.54, 1.807) is 31.4 Å². The number of fused-ring (bicyclic) bond motifs is 1. The molecule has 1 aliphatic heterocycles. The Morgan fingerprint density at radius 2 is 1.68 bits per heavy atom. The van der Waals surface area contributed by atoms with E-state index in [1.165, 1.54) is 10.9 Å². The molecule has 160 valence electrons. The molecule has 6 heteroatoms. The molecule has 1 aliphatic rings. The lowest BCUT2D eigenvalue weighted by Crippen LogP contribution is -2.49. The second kappa shape index (κ2) is 9.16.